The Balaban J connectivity index is 1.86. The molecule has 2 heterocycles. The molecule has 2 aromatic rings. The van der Waals surface area contributed by atoms with E-state index in [1.54, 1.807) is 26.8 Å². The van der Waals surface area contributed by atoms with Crippen molar-refractivity contribution in [2.24, 2.45) is 11.3 Å². The molecule has 0 radical (unpaired) electrons. The summed E-state index contributed by atoms with van der Waals surface area (Å²) >= 11 is 0. The number of fused-ring (bicyclic) bond motifs is 1. The topological polar surface area (TPSA) is 134 Å². The van der Waals surface area contributed by atoms with E-state index in [0.29, 0.717) is 23.4 Å². The molecule has 0 saturated carbocycles. The molecule has 188 valence electrons. The van der Waals surface area contributed by atoms with Crippen molar-refractivity contribution in [1.82, 2.24) is 20.4 Å². The average molecular weight is 497 g/mol. The van der Waals surface area contributed by atoms with Crippen molar-refractivity contribution in [2.45, 2.75) is 52.3 Å². The van der Waals surface area contributed by atoms with Crippen LogP contribution in [0.3, 0.4) is 0 Å². The van der Waals surface area contributed by atoms with Crippen LogP contribution < -0.4 is 10.6 Å². The molecule has 0 spiro atoms. The van der Waals surface area contributed by atoms with Gasteiger partial charge >= 0.3 is 0 Å². The number of aromatic nitrogens is 2. The van der Waals surface area contributed by atoms with Crippen LogP contribution in [0.5, 0.6) is 0 Å². The Bertz CT molecular complexity index is 1060. The number of nitrogens with one attached hydrogen (secondary N) is 2. The quantitative estimate of drug-likeness (QED) is 0.430. The van der Waals surface area contributed by atoms with Crippen LogP contribution in [0, 0.1) is 17.2 Å². The summed E-state index contributed by atoms with van der Waals surface area (Å²) in [5, 5.41) is 28.5. The van der Waals surface area contributed by atoms with E-state index in [-0.39, 0.29) is 23.7 Å². The maximum Gasteiger partial charge on any atom is 0.273 e. The van der Waals surface area contributed by atoms with E-state index in [2.05, 4.69) is 15.7 Å². The molecule has 1 aliphatic heterocycles. The Morgan fingerprint density at radius 3 is 2.59 bits per heavy atom. The molecule has 1 aromatic carbocycles. The number of carbonyl (C=O) groups excluding carboxylic acids is 2. The smallest absolute Gasteiger partial charge is 0.273 e. The minimum Gasteiger partial charge on any atom is -0.394 e. The summed E-state index contributed by atoms with van der Waals surface area (Å²) < 4.78 is 28.0. The number of amides is 2. The second-order valence-corrected chi connectivity index (χ2v) is 11.5. The van der Waals surface area contributed by atoms with Crippen LogP contribution in [0.4, 0.5) is 4.39 Å². The molecular formula is C23H33FN4O5S. The first-order chi connectivity index (χ1) is 16.0. The number of halogens is 1. The van der Waals surface area contributed by atoms with Crippen LogP contribution in [0.15, 0.2) is 18.2 Å². The van der Waals surface area contributed by atoms with Gasteiger partial charge in [0.2, 0.25) is 5.91 Å². The van der Waals surface area contributed by atoms with Crippen molar-refractivity contribution in [1.29, 1.82) is 0 Å². The molecule has 0 bridgehead atoms. The Morgan fingerprint density at radius 1 is 1.29 bits per heavy atom. The predicted molar refractivity (Wildman–Crippen MR) is 127 cm³/mol. The molecule has 0 aliphatic carbocycles. The molecule has 2 amide bonds. The zero-order valence-corrected chi connectivity index (χ0v) is 20.5. The lowest BCUT2D eigenvalue weighted by Crippen LogP contribution is -2.54. The van der Waals surface area contributed by atoms with Gasteiger partial charge in [0, 0.05) is 40.8 Å². The molecule has 4 N–H and O–H groups in total. The van der Waals surface area contributed by atoms with Crippen molar-refractivity contribution < 1.29 is 28.4 Å². The number of rotatable bonds is 8. The van der Waals surface area contributed by atoms with E-state index in [9.17, 15) is 23.3 Å². The third-order valence-electron chi connectivity index (χ3n) is 6.00. The van der Waals surface area contributed by atoms with Crippen LogP contribution in [0.1, 0.15) is 44.1 Å². The molecule has 1 aromatic heterocycles. The van der Waals surface area contributed by atoms with Gasteiger partial charge in [-0.3, -0.25) is 18.5 Å². The average Bonchev–Trinajstić information content (AvgIpc) is 3.15. The molecule has 3 rings (SSSR count). The standard InChI is InChI=1S/C23H33FN4O5S/c1-23(2,3)20(22(32)25-11-15(30)13-29)26-21(31)18-16-5-4-6-17(24)19(16)28(27-18)12-14-7-9-34(33)10-8-14/h4-6,14-15,20,29-30H,7-13H2,1-3H3,(H,25,32)(H,26,31). The number of aliphatic hydroxyl groups excluding tert-OH is 2. The van der Waals surface area contributed by atoms with Gasteiger partial charge in [0.25, 0.3) is 5.91 Å². The molecular weight excluding hydrogens is 463 g/mol. The number of benzene rings is 1. The van der Waals surface area contributed by atoms with Gasteiger partial charge in [-0.05, 0) is 30.2 Å². The summed E-state index contributed by atoms with van der Waals surface area (Å²) in [4.78, 5) is 26.0. The summed E-state index contributed by atoms with van der Waals surface area (Å²) in [5.74, 6) is -0.232. The normalized spacial score (nSPS) is 20.6. The second kappa shape index (κ2) is 10.9. The summed E-state index contributed by atoms with van der Waals surface area (Å²) in [6.45, 7) is 5.09. The fourth-order valence-electron chi connectivity index (χ4n) is 4.02. The Hall–Kier alpha value is -2.37. The van der Waals surface area contributed by atoms with Gasteiger partial charge in [0.1, 0.15) is 17.4 Å². The van der Waals surface area contributed by atoms with Gasteiger partial charge in [-0.25, -0.2) is 4.39 Å². The van der Waals surface area contributed by atoms with Crippen molar-refractivity contribution in [3.05, 3.63) is 29.7 Å². The second-order valence-electron chi connectivity index (χ2n) is 9.81. The van der Waals surface area contributed by atoms with Crippen LogP contribution in [-0.2, 0) is 22.1 Å². The number of para-hydroxylation sites is 1. The lowest BCUT2D eigenvalue weighted by molar-refractivity contribution is -0.125. The zero-order valence-electron chi connectivity index (χ0n) is 19.7. The Morgan fingerprint density at radius 2 is 1.97 bits per heavy atom. The minimum absolute atomic E-state index is 0.0197. The lowest BCUT2D eigenvalue weighted by Gasteiger charge is -2.30. The lowest BCUT2D eigenvalue weighted by atomic mass is 9.86. The maximum atomic E-state index is 14.8. The highest BCUT2D eigenvalue weighted by molar-refractivity contribution is 7.85. The number of hydrogen-bond donors (Lipinski definition) is 4. The summed E-state index contributed by atoms with van der Waals surface area (Å²) in [6, 6.07) is 3.48. The number of nitrogens with zero attached hydrogens (tertiary/aromatic N) is 2. The van der Waals surface area contributed by atoms with Crippen LogP contribution in [-0.4, -0.2) is 72.8 Å². The highest BCUT2D eigenvalue weighted by atomic mass is 32.2. The molecule has 9 nitrogen and oxygen atoms in total. The van der Waals surface area contributed by atoms with E-state index < -0.39 is 52.6 Å². The zero-order chi connectivity index (χ0) is 25.0. The molecule has 1 saturated heterocycles. The Kier molecular flexibility index (Phi) is 8.43. The molecule has 2 atom stereocenters. The highest BCUT2D eigenvalue weighted by Gasteiger charge is 2.34. The van der Waals surface area contributed by atoms with Crippen molar-refractivity contribution >= 4 is 33.5 Å². The third kappa shape index (κ3) is 6.19. The molecule has 1 fully saturated rings. The summed E-state index contributed by atoms with van der Waals surface area (Å²) in [5.41, 5.74) is -0.431. The number of hydrogen-bond acceptors (Lipinski definition) is 6. The Labute approximate surface area is 200 Å². The summed E-state index contributed by atoms with van der Waals surface area (Å²) in [6.07, 6.45) is 0.381. The minimum atomic E-state index is -1.11. The number of carbonyl (C=O) groups is 2. The van der Waals surface area contributed by atoms with Crippen LogP contribution in [0.25, 0.3) is 10.9 Å². The van der Waals surface area contributed by atoms with E-state index in [1.807, 2.05) is 0 Å². The first-order valence-corrected chi connectivity index (χ1v) is 12.9. The van der Waals surface area contributed by atoms with E-state index in [0.717, 1.165) is 12.8 Å². The molecule has 2 unspecified atom stereocenters. The van der Waals surface area contributed by atoms with E-state index in [1.165, 1.54) is 16.8 Å². The van der Waals surface area contributed by atoms with Crippen molar-refractivity contribution in [2.75, 3.05) is 24.7 Å². The maximum absolute atomic E-state index is 14.8. The molecule has 11 heteroatoms. The predicted octanol–water partition coefficient (Wildman–Crippen LogP) is 0.948. The highest BCUT2D eigenvalue weighted by Crippen LogP contribution is 2.26. The largest absolute Gasteiger partial charge is 0.394 e. The van der Waals surface area contributed by atoms with E-state index in [4.69, 9.17) is 5.11 Å². The van der Waals surface area contributed by atoms with Crippen molar-refractivity contribution in [3.8, 4) is 0 Å². The number of aliphatic hydroxyl groups is 2. The first-order valence-electron chi connectivity index (χ1n) is 11.4. The van der Waals surface area contributed by atoms with Gasteiger partial charge in [0.05, 0.1) is 12.7 Å². The fraction of sp³-hybridized carbons (Fsp3) is 0.609. The van der Waals surface area contributed by atoms with Gasteiger partial charge < -0.3 is 20.8 Å². The summed E-state index contributed by atoms with van der Waals surface area (Å²) in [7, 11) is -0.813. The van der Waals surface area contributed by atoms with Crippen molar-refractivity contribution in [3.63, 3.8) is 0 Å². The molecule has 34 heavy (non-hydrogen) atoms. The monoisotopic (exact) mass is 496 g/mol. The first kappa shape index (κ1) is 26.2. The van der Waals surface area contributed by atoms with Gasteiger partial charge in [-0.2, -0.15) is 5.10 Å². The SMILES string of the molecule is CC(C)(C)C(NC(=O)c1nn(CC2CCS(=O)CC2)c2c(F)cccc12)C(=O)NCC(O)CO. The van der Waals surface area contributed by atoms with Crippen LogP contribution >= 0.6 is 0 Å². The third-order valence-corrected chi connectivity index (χ3v) is 7.38. The van der Waals surface area contributed by atoms with Gasteiger partial charge in [-0.15, -0.1) is 0 Å². The van der Waals surface area contributed by atoms with Gasteiger partial charge in [0.15, 0.2) is 5.69 Å². The fourth-order valence-corrected chi connectivity index (χ4v) is 5.42. The van der Waals surface area contributed by atoms with Gasteiger partial charge in [-0.1, -0.05) is 32.9 Å². The van der Waals surface area contributed by atoms with E-state index >= 15 is 0 Å². The molecule has 1 aliphatic rings. The van der Waals surface area contributed by atoms with Crippen LogP contribution in [0.2, 0.25) is 0 Å².